The van der Waals surface area contributed by atoms with Gasteiger partial charge in [0.1, 0.15) is 0 Å². The van der Waals surface area contributed by atoms with Gasteiger partial charge in [-0.25, -0.2) is 4.98 Å². The lowest BCUT2D eigenvalue weighted by molar-refractivity contribution is 0.166. The Bertz CT molecular complexity index is 899. The summed E-state index contributed by atoms with van der Waals surface area (Å²) in [4.78, 5) is 23.4. The van der Waals surface area contributed by atoms with Gasteiger partial charge in [0.05, 0.1) is 24.8 Å². The van der Waals surface area contributed by atoms with E-state index in [0.29, 0.717) is 11.6 Å². The Morgan fingerprint density at radius 1 is 1.07 bits per heavy atom. The summed E-state index contributed by atoms with van der Waals surface area (Å²) in [6.07, 6.45) is 10.9. The molecule has 4 rings (SSSR count). The molecule has 1 fully saturated rings. The molecule has 0 spiro atoms. The highest BCUT2D eigenvalue weighted by Crippen LogP contribution is 2.19. The third-order valence-corrected chi connectivity index (χ3v) is 5.13. The Morgan fingerprint density at radius 3 is 2.59 bits per heavy atom. The van der Waals surface area contributed by atoms with Gasteiger partial charge < -0.3 is 4.90 Å². The van der Waals surface area contributed by atoms with Crippen molar-refractivity contribution in [3.05, 3.63) is 59.7 Å². The fourth-order valence-electron chi connectivity index (χ4n) is 3.51. The van der Waals surface area contributed by atoms with Crippen molar-refractivity contribution in [3.63, 3.8) is 0 Å². The molecule has 0 bridgehead atoms. The van der Waals surface area contributed by atoms with Crippen LogP contribution in [0.2, 0.25) is 0 Å². The first-order valence-corrected chi connectivity index (χ1v) is 9.31. The molecule has 0 radical (unpaired) electrons. The van der Waals surface area contributed by atoms with E-state index in [9.17, 15) is 4.79 Å². The van der Waals surface area contributed by atoms with Crippen LogP contribution in [0, 0.1) is 5.92 Å². The van der Waals surface area contributed by atoms with Crippen LogP contribution < -0.4 is 5.56 Å². The van der Waals surface area contributed by atoms with Crippen molar-refractivity contribution in [1.29, 1.82) is 0 Å². The van der Waals surface area contributed by atoms with Crippen molar-refractivity contribution in [2.24, 2.45) is 5.92 Å². The smallest absolute Gasteiger partial charge is 0.253 e. The van der Waals surface area contributed by atoms with Crippen LogP contribution in [-0.2, 0) is 13.1 Å². The van der Waals surface area contributed by atoms with E-state index in [2.05, 4.69) is 25.2 Å². The maximum absolute atomic E-state index is 12.5. The van der Waals surface area contributed by atoms with Crippen molar-refractivity contribution in [1.82, 2.24) is 34.4 Å². The van der Waals surface area contributed by atoms with Crippen LogP contribution in [-0.4, -0.2) is 54.1 Å². The van der Waals surface area contributed by atoms with Gasteiger partial charge in [0, 0.05) is 43.3 Å². The standard InChI is InChI=1S/C19H23N7O/c27-19-13-18(17-1-5-20-6-2-17)21-15-25(19)14-16-3-8-24(9-4-16)11-12-26-10-7-22-23-26/h1-2,5-7,10,13,15-16H,3-4,8-9,11-12,14H2. The topological polar surface area (TPSA) is 81.7 Å². The summed E-state index contributed by atoms with van der Waals surface area (Å²) in [5, 5.41) is 7.83. The largest absolute Gasteiger partial charge is 0.301 e. The van der Waals surface area contributed by atoms with Crippen molar-refractivity contribution in [2.75, 3.05) is 19.6 Å². The van der Waals surface area contributed by atoms with Gasteiger partial charge in [-0.1, -0.05) is 5.21 Å². The zero-order valence-electron chi connectivity index (χ0n) is 15.2. The molecule has 1 saturated heterocycles. The molecule has 1 aliphatic heterocycles. The minimum absolute atomic E-state index is 0.00502. The Morgan fingerprint density at radius 2 is 1.89 bits per heavy atom. The third-order valence-electron chi connectivity index (χ3n) is 5.13. The monoisotopic (exact) mass is 365 g/mol. The summed E-state index contributed by atoms with van der Waals surface area (Å²) in [6, 6.07) is 5.34. The van der Waals surface area contributed by atoms with E-state index in [1.54, 1.807) is 35.6 Å². The Labute approximate surface area is 157 Å². The molecule has 0 aromatic carbocycles. The molecule has 1 aliphatic rings. The molecular formula is C19H23N7O. The molecular weight excluding hydrogens is 342 g/mol. The summed E-state index contributed by atoms with van der Waals surface area (Å²) in [6.45, 7) is 4.69. The summed E-state index contributed by atoms with van der Waals surface area (Å²) in [5.74, 6) is 0.513. The van der Waals surface area contributed by atoms with E-state index in [-0.39, 0.29) is 5.56 Å². The first-order valence-electron chi connectivity index (χ1n) is 9.31. The highest BCUT2D eigenvalue weighted by molar-refractivity contribution is 5.57. The normalized spacial score (nSPS) is 15.9. The molecule has 140 valence electrons. The molecule has 4 heterocycles. The molecule has 3 aromatic rings. The number of hydrogen-bond donors (Lipinski definition) is 0. The number of pyridine rings is 1. The lowest BCUT2D eigenvalue weighted by atomic mass is 9.96. The average Bonchev–Trinajstić information content (AvgIpc) is 3.23. The van der Waals surface area contributed by atoms with Crippen LogP contribution in [0.3, 0.4) is 0 Å². The Kier molecular flexibility index (Phi) is 5.34. The summed E-state index contributed by atoms with van der Waals surface area (Å²) in [5.41, 5.74) is 1.61. The summed E-state index contributed by atoms with van der Waals surface area (Å²) < 4.78 is 3.60. The van der Waals surface area contributed by atoms with E-state index in [1.807, 2.05) is 23.0 Å². The second-order valence-corrected chi connectivity index (χ2v) is 6.95. The van der Waals surface area contributed by atoms with Crippen molar-refractivity contribution in [2.45, 2.75) is 25.9 Å². The van der Waals surface area contributed by atoms with Crippen LogP contribution >= 0.6 is 0 Å². The van der Waals surface area contributed by atoms with Crippen LogP contribution in [0.5, 0.6) is 0 Å². The van der Waals surface area contributed by atoms with Crippen LogP contribution in [0.1, 0.15) is 12.8 Å². The van der Waals surface area contributed by atoms with Crippen molar-refractivity contribution < 1.29 is 0 Å². The second-order valence-electron chi connectivity index (χ2n) is 6.95. The number of hydrogen-bond acceptors (Lipinski definition) is 6. The molecule has 8 heteroatoms. The van der Waals surface area contributed by atoms with Crippen LogP contribution in [0.25, 0.3) is 11.3 Å². The Hall–Kier alpha value is -2.87. The summed E-state index contributed by atoms with van der Waals surface area (Å²) in [7, 11) is 0. The average molecular weight is 365 g/mol. The first kappa shape index (κ1) is 17.5. The molecule has 0 saturated carbocycles. The Balaban J connectivity index is 1.30. The van der Waals surface area contributed by atoms with Gasteiger partial charge in [-0.05, 0) is 44.0 Å². The van der Waals surface area contributed by atoms with E-state index >= 15 is 0 Å². The van der Waals surface area contributed by atoms with Gasteiger partial charge in [0.2, 0.25) is 0 Å². The zero-order valence-corrected chi connectivity index (χ0v) is 15.2. The van der Waals surface area contributed by atoms with Gasteiger partial charge in [-0.3, -0.25) is 19.0 Å². The number of piperidine rings is 1. The van der Waals surface area contributed by atoms with Crippen LogP contribution in [0.15, 0.2) is 54.1 Å². The highest BCUT2D eigenvalue weighted by atomic mass is 16.1. The van der Waals surface area contributed by atoms with Gasteiger partial charge in [0.15, 0.2) is 0 Å². The molecule has 0 amide bonds. The predicted octanol–water partition coefficient (Wildman–Crippen LogP) is 1.31. The SMILES string of the molecule is O=c1cc(-c2ccncc2)ncn1CC1CCN(CCn2ccnn2)CC1. The minimum atomic E-state index is 0.00502. The lowest BCUT2D eigenvalue weighted by Gasteiger charge is -2.32. The molecule has 0 N–H and O–H groups in total. The molecule has 8 nitrogen and oxygen atoms in total. The molecule has 0 atom stereocenters. The third kappa shape index (κ3) is 4.46. The van der Waals surface area contributed by atoms with Crippen molar-refractivity contribution >= 4 is 0 Å². The quantitative estimate of drug-likeness (QED) is 0.655. The molecule has 0 unspecified atom stereocenters. The highest BCUT2D eigenvalue weighted by Gasteiger charge is 2.20. The van der Waals surface area contributed by atoms with E-state index < -0.39 is 0 Å². The fraction of sp³-hybridized carbons (Fsp3) is 0.421. The molecule has 3 aromatic heterocycles. The first-order chi connectivity index (χ1) is 13.3. The van der Waals surface area contributed by atoms with Crippen molar-refractivity contribution in [3.8, 4) is 11.3 Å². The maximum atomic E-state index is 12.5. The molecule has 0 aliphatic carbocycles. The van der Waals surface area contributed by atoms with Gasteiger partial charge in [-0.15, -0.1) is 5.10 Å². The summed E-state index contributed by atoms with van der Waals surface area (Å²) >= 11 is 0. The maximum Gasteiger partial charge on any atom is 0.253 e. The van der Waals surface area contributed by atoms with Crippen LogP contribution in [0.4, 0.5) is 0 Å². The molecule has 27 heavy (non-hydrogen) atoms. The number of likely N-dealkylation sites (tertiary alicyclic amines) is 1. The lowest BCUT2D eigenvalue weighted by Crippen LogP contribution is -2.38. The van der Waals surface area contributed by atoms with Gasteiger partial charge in [-0.2, -0.15) is 0 Å². The van der Waals surface area contributed by atoms with Gasteiger partial charge >= 0.3 is 0 Å². The van der Waals surface area contributed by atoms with E-state index in [1.165, 1.54) is 0 Å². The number of nitrogens with zero attached hydrogens (tertiary/aromatic N) is 7. The number of aromatic nitrogens is 6. The number of rotatable bonds is 6. The second kappa shape index (κ2) is 8.22. The van der Waals surface area contributed by atoms with Gasteiger partial charge in [0.25, 0.3) is 5.56 Å². The van der Waals surface area contributed by atoms with E-state index in [4.69, 9.17) is 0 Å². The predicted molar refractivity (Wildman–Crippen MR) is 101 cm³/mol. The fourth-order valence-corrected chi connectivity index (χ4v) is 3.51. The minimum Gasteiger partial charge on any atom is -0.301 e. The zero-order chi connectivity index (χ0) is 18.5. The van der Waals surface area contributed by atoms with E-state index in [0.717, 1.165) is 51.1 Å².